The van der Waals surface area contributed by atoms with Crippen molar-refractivity contribution in [2.24, 2.45) is 10.2 Å². The average molecular weight is 700 g/mol. The number of carbonyl (C=O) groups is 3. The number of rotatable bonds is 20. The normalized spacial score (nSPS) is 15.6. The lowest BCUT2D eigenvalue weighted by Gasteiger charge is -2.34. The molecule has 2 fully saturated rings. The van der Waals surface area contributed by atoms with Crippen LogP contribution < -0.4 is 10.2 Å². The first-order chi connectivity index (χ1) is 25.0. The summed E-state index contributed by atoms with van der Waals surface area (Å²) in [5.74, 6) is -0.113. The van der Waals surface area contributed by atoms with E-state index >= 15 is 0 Å². The lowest BCUT2D eigenvalue weighted by atomic mass is 9.93. The number of nitrogens with zero attached hydrogens (tertiary/aromatic N) is 4. The summed E-state index contributed by atoms with van der Waals surface area (Å²) in [6.45, 7) is 2.27. The topological polar surface area (TPSA) is 94.4 Å². The maximum Gasteiger partial charge on any atom is 0.324 e. The molecule has 4 amide bonds. The molecule has 2 aromatic rings. The lowest BCUT2D eigenvalue weighted by molar-refractivity contribution is -0.118. The molecule has 2 saturated carbocycles. The number of carbonyl (C=O) groups excluding carboxylic acids is 3. The number of urea groups is 1. The Morgan fingerprint density at radius 3 is 1.63 bits per heavy atom. The van der Waals surface area contributed by atoms with Crippen molar-refractivity contribution in [3.8, 4) is 0 Å². The first kappa shape index (κ1) is 40.2. The SMILES string of the molecule is CCCCCCCCCCCCCCCC(=O)N(C)c1ccc(N=Nc2ccc(C(=O)N(C(=O)NC3CCCCC3)C3CCCCC3)cc2)cc1. The van der Waals surface area contributed by atoms with Gasteiger partial charge in [-0.3, -0.25) is 14.5 Å². The van der Waals surface area contributed by atoms with E-state index in [4.69, 9.17) is 0 Å². The van der Waals surface area contributed by atoms with Crippen LogP contribution in [0, 0.1) is 0 Å². The van der Waals surface area contributed by atoms with Gasteiger partial charge in [-0.2, -0.15) is 10.2 Å². The minimum absolute atomic E-state index is 0.0641. The number of nitrogens with one attached hydrogen (secondary N) is 1. The van der Waals surface area contributed by atoms with Crippen LogP contribution in [0.3, 0.4) is 0 Å². The van der Waals surface area contributed by atoms with Gasteiger partial charge in [0.15, 0.2) is 0 Å². The van der Waals surface area contributed by atoms with Crippen LogP contribution in [-0.4, -0.2) is 41.9 Å². The molecule has 8 heteroatoms. The van der Waals surface area contributed by atoms with Crippen molar-refractivity contribution >= 4 is 34.9 Å². The van der Waals surface area contributed by atoms with Gasteiger partial charge in [0.25, 0.3) is 5.91 Å². The smallest absolute Gasteiger partial charge is 0.324 e. The fourth-order valence-corrected chi connectivity index (χ4v) is 7.53. The molecule has 0 saturated heterocycles. The van der Waals surface area contributed by atoms with Gasteiger partial charge in [0.2, 0.25) is 5.91 Å². The van der Waals surface area contributed by atoms with Crippen molar-refractivity contribution in [1.29, 1.82) is 0 Å². The molecule has 0 radical (unpaired) electrons. The maximum atomic E-state index is 13.7. The highest BCUT2D eigenvalue weighted by molar-refractivity contribution is 6.04. The zero-order valence-electron chi connectivity index (χ0n) is 31.8. The summed E-state index contributed by atoms with van der Waals surface area (Å²) >= 11 is 0. The molecule has 0 bridgehead atoms. The lowest BCUT2D eigenvalue weighted by Crippen LogP contribution is -2.52. The fourth-order valence-electron chi connectivity index (χ4n) is 7.53. The number of imide groups is 1. The fraction of sp³-hybridized carbons (Fsp3) is 0.651. The Morgan fingerprint density at radius 1 is 0.627 bits per heavy atom. The molecule has 1 N–H and O–H groups in total. The van der Waals surface area contributed by atoms with Crippen molar-refractivity contribution in [3.05, 3.63) is 54.1 Å². The van der Waals surface area contributed by atoms with Gasteiger partial charge in [0, 0.05) is 36.8 Å². The Hall–Kier alpha value is -3.55. The summed E-state index contributed by atoms with van der Waals surface area (Å²) in [7, 11) is 1.83. The molecule has 2 aliphatic rings. The summed E-state index contributed by atoms with van der Waals surface area (Å²) in [6, 6.07) is 14.4. The molecule has 8 nitrogen and oxygen atoms in total. The molecule has 0 atom stereocenters. The minimum atomic E-state index is -0.252. The third-order valence-electron chi connectivity index (χ3n) is 10.8. The van der Waals surface area contributed by atoms with Crippen molar-refractivity contribution in [3.63, 3.8) is 0 Å². The molecule has 0 aliphatic heterocycles. The van der Waals surface area contributed by atoms with Crippen LogP contribution in [0.2, 0.25) is 0 Å². The van der Waals surface area contributed by atoms with E-state index in [9.17, 15) is 14.4 Å². The highest BCUT2D eigenvalue weighted by Gasteiger charge is 2.33. The van der Waals surface area contributed by atoms with Gasteiger partial charge in [-0.05, 0) is 80.6 Å². The molecule has 0 aromatic heterocycles. The maximum absolute atomic E-state index is 13.7. The molecular formula is C43H65N5O3. The summed E-state index contributed by atoms with van der Waals surface area (Å²) in [5.41, 5.74) is 2.62. The predicted octanol–water partition coefficient (Wildman–Crippen LogP) is 12.4. The highest BCUT2D eigenvalue weighted by atomic mass is 16.2. The Balaban J connectivity index is 1.18. The number of azo groups is 1. The zero-order chi connectivity index (χ0) is 36.1. The second kappa shape index (κ2) is 23.1. The summed E-state index contributed by atoms with van der Waals surface area (Å²) in [5, 5.41) is 11.9. The Labute approximate surface area is 308 Å². The van der Waals surface area contributed by atoms with E-state index in [2.05, 4.69) is 22.5 Å². The molecule has 0 spiro atoms. The molecular weight excluding hydrogens is 635 g/mol. The van der Waals surface area contributed by atoms with Crippen LogP contribution in [-0.2, 0) is 4.79 Å². The number of unbranched alkanes of at least 4 members (excludes halogenated alkanes) is 12. The number of hydrogen-bond donors (Lipinski definition) is 1. The second-order valence-corrected chi connectivity index (χ2v) is 15.0. The van der Waals surface area contributed by atoms with Crippen molar-refractivity contribution in [2.75, 3.05) is 11.9 Å². The molecule has 0 unspecified atom stereocenters. The predicted molar refractivity (Wildman–Crippen MR) is 209 cm³/mol. The van der Waals surface area contributed by atoms with Crippen molar-refractivity contribution in [1.82, 2.24) is 10.2 Å². The number of amides is 4. The number of anilines is 1. The van der Waals surface area contributed by atoms with E-state index in [1.165, 1.54) is 81.9 Å². The van der Waals surface area contributed by atoms with Crippen molar-refractivity contribution in [2.45, 2.75) is 173 Å². The number of hydrogen-bond acceptors (Lipinski definition) is 5. The third kappa shape index (κ3) is 14.2. The molecule has 2 aliphatic carbocycles. The summed E-state index contributed by atoms with van der Waals surface area (Å²) in [4.78, 5) is 43.2. The van der Waals surface area contributed by atoms with Gasteiger partial charge >= 0.3 is 6.03 Å². The standard InChI is InChI=1S/C43H65N5O3/c1-3-4-5-6-7-8-9-10-11-12-13-14-21-26-41(49)47(2)39-33-31-38(32-34-39)46-45-37-29-27-35(28-30-37)42(50)48(40-24-19-16-20-25-40)43(51)44-36-22-17-15-18-23-36/h27-34,36,40H,3-26H2,1-2H3,(H,44,51). The number of benzene rings is 2. The average Bonchev–Trinajstić information content (AvgIpc) is 3.16. The van der Waals surface area contributed by atoms with Crippen LogP contribution in [0.5, 0.6) is 0 Å². The van der Waals surface area contributed by atoms with E-state index in [1.807, 2.05) is 31.3 Å². The van der Waals surface area contributed by atoms with Gasteiger partial charge in [-0.1, -0.05) is 122 Å². The molecule has 4 rings (SSSR count). The van der Waals surface area contributed by atoms with Crippen LogP contribution in [0.15, 0.2) is 58.8 Å². The van der Waals surface area contributed by atoms with Gasteiger partial charge < -0.3 is 10.2 Å². The first-order valence-electron chi connectivity index (χ1n) is 20.5. The van der Waals surface area contributed by atoms with Crippen LogP contribution in [0.1, 0.15) is 171 Å². The van der Waals surface area contributed by atoms with E-state index in [-0.39, 0.29) is 29.9 Å². The Morgan fingerprint density at radius 2 is 1.10 bits per heavy atom. The minimum Gasteiger partial charge on any atom is -0.335 e. The zero-order valence-corrected chi connectivity index (χ0v) is 31.8. The van der Waals surface area contributed by atoms with E-state index < -0.39 is 0 Å². The second-order valence-electron chi connectivity index (χ2n) is 15.0. The quantitative estimate of drug-likeness (QED) is 0.110. The summed E-state index contributed by atoms with van der Waals surface area (Å²) < 4.78 is 0. The van der Waals surface area contributed by atoms with E-state index in [0.29, 0.717) is 23.4 Å². The largest absolute Gasteiger partial charge is 0.335 e. The van der Waals surface area contributed by atoms with Gasteiger partial charge in [-0.25, -0.2) is 4.79 Å². The Kier molecular flexibility index (Phi) is 18.2. The molecule has 51 heavy (non-hydrogen) atoms. The van der Waals surface area contributed by atoms with E-state index in [0.717, 1.165) is 76.3 Å². The monoisotopic (exact) mass is 700 g/mol. The van der Waals surface area contributed by atoms with Crippen molar-refractivity contribution < 1.29 is 14.4 Å². The summed E-state index contributed by atoms with van der Waals surface area (Å²) in [6.07, 6.45) is 27.8. The van der Waals surface area contributed by atoms with Crippen LogP contribution in [0.25, 0.3) is 0 Å². The first-order valence-corrected chi connectivity index (χ1v) is 20.5. The van der Waals surface area contributed by atoms with Gasteiger partial charge in [0.05, 0.1) is 11.4 Å². The van der Waals surface area contributed by atoms with Crippen LogP contribution >= 0.6 is 0 Å². The van der Waals surface area contributed by atoms with Gasteiger partial charge in [-0.15, -0.1) is 0 Å². The Bertz CT molecular complexity index is 1330. The van der Waals surface area contributed by atoms with Crippen LogP contribution in [0.4, 0.5) is 21.9 Å². The molecule has 2 aromatic carbocycles. The van der Waals surface area contributed by atoms with Gasteiger partial charge in [0.1, 0.15) is 0 Å². The highest BCUT2D eigenvalue weighted by Crippen LogP contribution is 2.27. The molecule has 0 heterocycles. The van der Waals surface area contributed by atoms with E-state index in [1.54, 1.807) is 29.2 Å². The third-order valence-corrected chi connectivity index (χ3v) is 10.8. The molecule has 280 valence electrons.